The Balaban J connectivity index is 1.44. The smallest absolute Gasteiger partial charge is 0.123 e. The van der Waals surface area contributed by atoms with Gasteiger partial charge in [0, 0.05) is 42.5 Å². The first kappa shape index (κ1) is 23.2. The molecule has 1 aliphatic carbocycles. The highest BCUT2D eigenvalue weighted by atomic mass is 32.1. The zero-order chi connectivity index (χ0) is 21.3. The van der Waals surface area contributed by atoms with Crippen molar-refractivity contribution in [1.82, 2.24) is 15.2 Å². The van der Waals surface area contributed by atoms with E-state index in [-0.39, 0.29) is 0 Å². The lowest BCUT2D eigenvalue weighted by atomic mass is 9.94. The van der Waals surface area contributed by atoms with Crippen molar-refractivity contribution in [3.05, 3.63) is 45.9 Å². The fourth-order valence-corrected chi connectivity index (χ4v) is 4.86. The number of aliphatic hydroxyl groups excluding tert-OH is 1. The summed E-state index contributed by atoms with van der Waals surface area (Å²) >= 11 is 1.73. The quantitative estimate of drug-likeness (QED) is 0.546. The third-order valence-corrected chi connectivity index (χ3v) is 6.98. The Kier molecular flexibility index (Phi) is 9.12. The number of thiazole rings is 1. The minimum absolute atomic E-state index is 0.317. The summed E-state index contributed by atoms with van der Waals surface area (Å²) < 4.78 is 6.00. The van der Waals surface area contributed by atoms with Crippen LogP contribution in [0.25, 0.3) is 0 Å². The van der Waals surface area contributed by atoms with Gasteiger partial charge in [0.2, 0.25) is 0 Å². The molecule has 1 aliphatic rings. The van der Waals surface area contributed by atoms with Crippen LogP contribution in [0.4, 0.5) is 0 Å². The van der Waals surface area contributed by atoms with E-state index in [0.717, 1.165) is 23.6 Å². The molecule has 0 aliphatic heterocycles. The molecule has 1 atom stereocenters. The van der Waals surface area contributed by atoms with Crippen LogP contribution in [0, 0.1) is 0 Å². The largest absolute Gasteiger partial charge is 0.491 e. The molecular formula is C24H37N3O2S. The van der Waals surface area contributed by atoms with Crippen LogP contribution in [0.15, 0.2) is 29.6 Å². The summed E-state index contributed by atoms with van der Waals surface area (Å²) in [6, 6.07) is 8.66. The summed E-state index contributed by atoms with van der Waals surface area (Å²) in [6.07, 6.45) is 5.97. The number of para-hydroxylation sites is 1. The molecule has 166 valence electrons. The van der Waals surface area contributed by atoms with Gasteiger partial charge in [-0.15, -0.1) is 11.3 Å². The van der Waals surface area contributed by atoms with Crippen molar-refractivity contribution in [2.45, 2.75) is 77.1 Å². The number of aromatic nitrogens is 1. The first-order chi connectivity index (χ1) is 14.5. The Morgan fingerprint density at radius 1 is 1.20 bits per heavy atom. The molecule has 0 amide bonds. The minimum atomic E-state index is -0.484. The number of aliphatic hydroxyl groups is 1. The summed E-state index contributed by atoms with van der Waals surface area (Å²) in [5.74, 6) is 1.31. The topological polar surface area (TPSA) is 57.6 Å². The second-order valence-electron chi connectivity index (χ2n) is 8.74. The van der Waals surface area contributed by atoms with Crippen LogP contribution in [0.5, 0.6) is 5.75 Å². The lowest BCUT2D eigenvalue weighted by Gasteiger charge is -2.32. The van der Waals surface area contributed by atoms with E-state index in [1.807, 2.05) is 18.2 Å². The maximum Gasteiger partial charge on any atom is 0.123 e. The molecule has 1 aromatic carbocycles. The Labute approximate surface area is 185 Å². The summed E-state index contributed by atoms with van der Waals surface area (Å²) in [5.41, 5.74) is 2.19. The molecule has 1 heterocycles. The van der Waals surface area contributed by atoms with Gasteiger partial charge < -0.3 is 20.1 Å². The fraction of sp³-hybridized carbons (Fsp3) is 0.625. The molecule has 3 rings (SSSR count). The highest BCUT2D eigenvalue weighted by molar-refractivity contribution is 7.09. The summed E-state index contributed by atoms with van der Waals surface area (Å²) in [5, 5.41) is 17.3. The van der Waals surface area contributed by atoms with Crippen LogP contribution in [0.1, 0.15) is 68.1 Å². The molecule has 1 saturated carbocycles. The highest BCUT2D eigenvalue weighted by Crippen LogP contribution is 2.23. The first-order valence-electron chi connectivity index (χ1n) is 11.3. The molecule has 5 nitrogen and oxygen atoms in total. The maximum absolute atomic E-state index is 10.5. The standard InChI is InChI=1S/C24H37N3O2S/c1-18(2)24-26-20(17-30-24)14-25-13-19-9-7-8-12-23(19)29-16-22(28)15-27(3)21-10-5-4-6-11-21/h7-9,12,17-18,21-22,25,28H,4-6,10-11,13-16H2,1-3H3. The lowest BCUT2D eigenvalue weighted by Crippen LogP contribution is -2.40. The second-order valence-corrected chi connectivity index (χ2v) is 9.63. The van der Waals surface area contributed by atoms with E-state index in [2.05, 4.69) is 47.5 Å². The molecule has 0 spiro atoms. The van der Waals surface area contributed by atoms with Crippen molar-refractivity contribution in [2.75, 3.05) is 20.2 Å². The number of hydrogen-bond acceptors (Lipinski definition) is 6. The molecular weight excluding hydrogens is 394 g/mol. The Bertz CT molecular complexity index is 758. The zero-order valence-corrected chi connectivity index (χ0v) is 19.5. The van der Waals surface area contributed by atoms with Crippen molar-refractivity contribution in [2.24, 2.45) is 0 Å². The zero-order valence-electron chi connectivity index (χ0n) is 18.6. The van der Waals surface area contributed by atoms with Gasteiger partial charge in [-0.1, -0.05) is 51.3 Å². The van der Waals surface area contributed by atoms with Crippen molar-refractivity contribution in [1.29, 1.82) is 0 Å². The van der Waals surface area contributed by atoms with Crippen molar-refractivity contribution in [3.63, 3.8) is 0 Å². The molecule has 2 aromatic rings. The van der Waals surface area contributed by atoms with E-state index in [9.17, 15) is 5.11 Å². The molecule has 0 bridgehead atoms. The molecule has 1 unspecified atom stereocenters. The van der Waals surface area contributed by atoms with Crippen molar-refractivity contribution < 1.29 is 9.84 Å². The number of likely N-dealkylation sites (N-methyl/N-ethyl adjacent to an activating group) is 1. The van der Waals surface area contributed by atoms with Gasteiger partial charge in [-0.3, -0.25) is 0 Å². The number of ether oxygens (including phenoxy) is 1. The summed E-state index contributed by atoms with van der Waals surface area (Å²) in [4.78, 5) is 6.98. The molecule has 30 heavy (non-hydrogen) atoms. The van der Waals surface area contributed by atoms with Gasteiger partial charge >= 0.3 is 0 Å². The molecule has 1 fully saturated rings. The van der Waals surface area contributed by atoms with Crippen LogP contribution in [0.2, 0.25) is 0 Å². The minimum Gasteiger partial charge on any atom is -0.491 e. The van der Waals surface area contributed by atoms with E-state index in [1.54, 1.807) is 11.3 Å². The van der Waals surface area contributed by atoms with E-state index in [4.69, 9.17) is 4.74 Å². The normalized spacial score (nSPS) is 16.3. The molecule has 2 N–H and O–H groups in total. The highest BCUT2D eigenvalue weighted by Gasteiger charge is 2.20. The monoisotopic (exact) mass is 431 g/mol. The molecule has 6 heteroatoms. The van der Waals surface area contributed by atoms with E-state index >= 15 is 0 Å². The Hall–Kier alpha value is -1.47. The average molecular weight is 432 g/mol. The van der Waals surface area contributed by atoms with Crippen LogP contribution >= 0.6 is 11.3 Å². The maximum atomic E-state index is 10.5. The van der Waals surface area contributed by atoms with Crippen LogP contribution in [0.3, 0.4) is 0 Å². The molecule has 1 aromatic heterocycles. The van der Waals surface area contributed by atoms with E-state index in [0.29, 0.717) is 31.7 Å². The second kappa shape index (κ2) is 11.8. The predicted molar refractivity (Wildman–Crippen MR) is 124 cm³/mol. The average Bonchev–Trinajstić information content (AvgIpc) is 3.23. The van der Waals surface area contributed by atoms with Crippen LogP contribution < -0.4 is 10.1 Å². The SMILES string of the molecule is CC(C)c1nc(CNCc2ccccc2OCC(O)CN(C)C2CCCCC2)cs1. The van der Waals surface area contributed by atoms with E-state index in [1.165, 1.54) is 37.1 Å². The predicted octanol–water partition coefficient (Wildman–Crippen LogP) is 4.56. The number of rotatable bonds is 11. The molecule has 0 saturated heterocycles. The van der Waals surface area contributed by atoms with Gasteiger partial charge in [-0.05, 0) is 26.0 Å². The number of benzene rings is 1. The van der Waals surface area contributed by atoms with Gasteiger partial charge in [0.1, 0.15) is 18.5 Å². The fourth-order valence-electron chi connectivity index (χ4n) is 4.03. The van der Waals surface area contributed by atoms with Gasteiger partial charge in [-0.25, -0.2) is 4.98 Å². The van der Waals surface area contributed by atoms with Crippen LogP contribution in [-0.4, -0.2) is 47.3 Å². The first-order valence-corrected chi connectivity index (χ1v) is 12.1. The number of nitrogens with one attached hydrogen (secondary N) is 1. The van der Waals surface area contributed by atoms with Gasteiger partial charge in [-0.2, -0.15) is 0 Å². The summed E-state index contributed by atoms with van der Waals surface area (Å²) in [6.45, 7) is 6.77. The van der Waals surface area contributed by atoms with Crippen molar-refractivity contribution in [3.8, 4) is 5.75 Å². The number of hydrogen-bond donors (Lipinski definition) is 2. The van der Waals surface area contributed by atoms with Gasteiger partial charge in [0.15, 0.2) is 0 Å². The summed E-state index contributed by atoms with van der Waals surface area (Å²) in [7, 11) is 2.13. The lowest BCUT2D eigenvalue weighted by molar-refractivity contribution is 0.0558. The number of nitrogens with zero attached hydrogens (tertiary/aromatic N) is 2. The van der Waals surface area contributed by atoms with Crippen LogP contribution in [-0.2, 0) is 13.1 Å². The Morgan fingerprint density at radius 3 is 2.70 bits per heavy atom. The molecule has 0 radical (unpaired) electrons. The third kappa shape index (κ3) is 7.05. The van der Waals surface area contributed by atoms with Gasteiger partial charge in [0.25, 0.3) is 0 Å². The Morgan fingerprint density at radius 2 is 1.97 bits per heavy atom. The van der Waals surface area contributed by atoms with E-state index < -0.39 is 6.10 Å². The third-order valence-electron chi connectivity index (χ3n) is 5.79. The van der Waals surface area contributed by atoms with Crippen molar-refractivity contribution >= 4 is 11.3 Å². The van der Waals surface area contributed by atoms with Gasteiger partial charge in [0.05, 0.1) is 10.7 Å².